The lowest BCUT2D eigenvalue weighted by molar-refractivity contribution is -0.119. The molecular formula is C35H36ClN7O3. The van der Waals surface area contributed by atoms with Gasteiger partial charge < -0.3 is 20.7 Å². The van der Waals surface area contributed by atoms with Crippen molar-refractivity contribution in [2.75, 3.05) is 26.0 Å². The summed E-state index contributed by atoms with van der Waals surface area (Å²) in [5.74, 6) is 1.32. The highest BCUT2D eigenvalue weighted by atomic mass is 35.5. The van der Waals surface area contributed by atoms with Crippen molar-refractivity contribution >= 4 is 39.8 Å². The first-order chi connectivity index (χ1) is 22.3. The highest BCUT2D eigenvalue weighted by Gasteiger charge is 2.28. The minimum Gasteiger partial charge on any atom is -0.481 e. The quantitative estimate of drug-likeness (QED) is 0.211. The van der Waals surface area contributed by atoms with Gasteiger partial charge in [0.1, 0.15) is 5.82 Å². The number of nitrogens with one attached hydrogen (secondary N) is 3. The minimum absolute atomic E-state index is 0.204. The predicted octanol–water partition coefficient (Wildman–Crippen LogP) is 5.87. The molecule has 1 aliphatic carbocycles. The SMILES string of the molecule is CNC1CCc2cc(-c3cccc(-c4cccc(Nc5nccc6cnn(C)c(=O)c56)c4C)c3Cl)nc(OC)c21.O=C1CCCN1. The fraction of sp³-hybridized carbons (Fsp3) is 0.286. The van der Waals surface area contributed by atoms with Crippen LogP contribution in [-0.4, -0.2) is 46.4 Å². The van der Waals surface area contributed by atoms with Crippen LogP contribution in [0.3, 0.4) is 0 Å². The Labute approximate surface area is 272 Å². The van der Waals surface area contributed by atoms with E-state index in [1.54, 1.807) is 32.6 Å². The Kier molecular flexibility index (Phi) is 9.01. The highest BCUT2D eigenvalue weighted by molar-refractivity contribution is 6.36. The van der Waals surface area contributed by atoms with E-state index in [2.05, 4.69) is 32.1 Å². The van der Waals surface area contributed by atoms with Gasteiger partial charge in [-0.1, -0.05) is 41.9 Å². The fourth-order valence-corrected chi connectivity index (χ4v) is 6.47. The molecular weight excluding hydrogens is 602 g/mol. The van der Waals surface area contributed by atoms with Crippen LogP contribution < -0.4 is 26.2 Å². The summed E-state index contributed by atoms with van der Waals surface area (Å²) in [6.07, 6.45) is 7.06. The molecule has 1 saturated heterocycles. The van der Waals surface area contributed by atoms with Gasteiger partial charge in [-0.15, -0.1) is 0 Å². The van der Waals surface area contributed by atoms with Gasteiger partial charge in [0, 0.05) is 60.0 Å². The standard InChI is InChI=1S/C31H29ClN6O2.C4H7NO/c1-17-20(7-6-10-23(17)36-29-27-19(13-14-34-29)16-35-38(3)31(27)39)21-8-5-9-22(28(21)32)25-15-18-11-12-24(33-2)26(18)30(37-25)40-4;6-4-2-1-3-5-4/h5-10,13-16,24,33H,11-12H2,1-4H3,(H,34,36);1-3H2,(H,5,6). The van der Waals surface area contributed by atoms with E-state index >= 15 is 0 Å². The summed E-state index contributed by atoms with van der Waals surface area (Å²) >= 11 is 7.10. The van der Waals surface area contributed by atoms with Gasteiger partial charge in [-0.2, -0.15) is 5.10 Å². The number of carbonyl (C=O) groups is 1. The number of benzene rings is 2. The van der Waals surface area contributed by atoms with Crippen LogP contribution in [0.2, 0.25) is 5.02 Å². The van der Waals surface area contributed by atoms with Crippen molar-refractivity contribution < 1.29 is 9.53 Å². The largest absolute Gasteiger partial charge is 0.481 e. The first kappa shape index (κ1) is 31.2. The van der Waals surface area contributed by atoms with E-state index in [0.717, 1.165) is 76.8 Å². The van der Waals surface area contributed by atoms with Crippen LogP contribution in [0, 0.1) is 6.92 Å². The third-order valence-electron chi connectivity index (χ3n) is 8.62. The maximum Gasteiger partial charge on any atom is 0.278 e. The number of hydrogen-bond donors (Lipinski definition) is 3. The van der Waals surface area contributed by atoms with Crippen molar-refractivity contribution in [2.45, 2.75) is 38.6 Å². The van der Waals surface area contributed by atoms with Crippen LogP contribution in [0.5, 0.6) is 5.88 Å². The number of hydrogen-bond acceptors (Lipinski definition) is 8. The summed E-state index contributed by atoms with van der Waals surface area (Å²) in [5.41, 5.74) is 7.44. The zero-order valence-electron chi connectivity index (χ0n) is 26.3. The summed E-state index contributed by atoms with van der Waals surface area (Å²) in [6.45, 7) is 2.92. The second-order valence-electron chi connectivity index (χ2n) is 11.4. The number of rotatable bonds is 6. The molecule has 236 valence electrons. The number of nitrogens with zero attached hydrogens (tertiary/aromatic N) is 4. The fourth-order valence-electron chi connectivity index (χ4n) is 6.15. The Morgan fingerprint density at radius 2 is 1.85 bits per heavy atom. The molecule has 1 amide bonds. The Bertz CT molecular complexity index is 2000. The van der Waals surface area contributed by atoms with Crippen LogP contribution >= 0.6 is 11.6 Å². The van der Waals surface area contributed by atoms with E-state index in [1.165, 1.54) is 10.2 Å². The number of aromatic nitrogens is 4. The van der Waals surface area contributed by atoms with Crippen LogP contribution in [0.25, 0.3) is 33.2 Å². The third kappa shape index (κ3) is 5.93. The number of anilines is 2. The Morgan fingerprint density at radius 3 is 2.57 bits per heavy atom. The molecule has 5 aromatic rings. The van der Waals surface area contributed by atoms with Crippen LogP contribution in [0.15, 0.2) is 65.7 Å². The summed E-state index contributed by atoms with van der Waals surface area (Å²) in [7, 11) is 5.25. The maximum atomic E-state index is 12.9. The predicted molar refractivity (Wildman–Crippen MR) is 182 cm³/mol. The van der Waals surface area contributed by atoms with Gasteiger partial charge in [-0.05, 0) is 68.1 Å². The molecule has 3 N–H and O–H groups in total. The summed E-state index contributed by atoms with van der Waals surface area (Å²) < 4.78 is 7.02. The molecule has 0 spiro atoms. The lowest BCUT2D eigenvalue weighted by Gasteiger charge is -2.17. The van der Waals surface area contributed by atoms with Gasteiger partial charge in [0.2, 0.25) is 11.8 Å². The number of fused-ring (bicyclic) bond motifs is 2. The monoisotopic (exact) mass is 637 g/mol. The molecule has 11 heteroatoms. The summed E-state index contributed by atoms with van der Waals surface area (Å²) in [6, 6.07) is 16.1. The minimum atomic E-state index is -0.212. The Morgan fingerprint density at radius 1 is 1.07 bits per heavy atom. The zero-order chi connectivity index (χ0) is 32.4. The van der Waals surface area contributed by atoms with E-state index in [0.29, 0.717) is 22.1 Å². The topological polar surface area (TPSA) is 123 Å². The van der Waals surface area contributed by atoms with E-state index in [1.807, 2.05) is 50.4 Å². The lowest BCUT2D eigenvalue weighted by Crippen LogP contribution is -2.20. The highest BCUT2D eigenvalue weighted by Crippen LogP contribution is 2.43. The first-order valence-corrected chi connectivity index (χ1v) is 15.7. The Balaban J connectivity index is 0.000000557. The smallest absolute Gasteiger partial charge is 0.278 e. The molecule has 46 heavy (non-hydrogen) atoms. The normalized spacial score (nSPS) is 15.2. The number of carbonyl (C=O) groups excluding carboxylic acids is 1. The zero-order valence-corrected chi connectivity index (χ0v) is 27.0. The number of halogens is 1. The van der Waals surface area contributed by atoms with E-state index in [4.69, 9.17) is 21.3 Å². The van der Waals surface area contributed by atoms with Gasteiger partial charge >= 0.3 is 0 Å². The number of amides is 1. The second-order valence-corrected chi connectivity index (χ2v) is 11.8. The van der Waals surface area contributed by atoms with E-state index < -0.39 is 0 Å². The molecule has 0 radical (unpaired) electrons. The maximum absolute atomic E-state index is 12.9. The molecule has 1 unspecified atom stereocenters. The van der Waals surface area contributed by atoms with Crippen molar-refractivity contribution in [1.29, 1.82) is 0 Å². The van der Waals surface area contributed by atoms with Gasteiger partial charge in [0.25, 0.3) is 5.56 Å². The molecule has 7 rings (SSSR count). The molecule has 2 aromatic carbocycles. The van der Waals surface area contributed by atoms with Crippen LogP contribution in [-0.2, 0) is 18.3 Å². The molecule has 0 bridgehead atoms. The molecule has 2 aliphatic rings. The van der Waals surface area contributed by atoms with Crippen molar-refractivity contribution in [2.24, 2.45) is 7.05 Å². The number of pyridine rings is 2. The van der Waals surface area contributed by atoms with Gasteiger partial charge in [0.15, 0.2) is 0 Å². The van der Waals surface area contributed by atoms with Crippen LogP contribution in [0.4, 0.5) is 11.5 Å². The van der Waals surface area contributed by atoms with Crippen molar-refractivity contribution in [1.82, 2.24) is 30.4 Å². The third-order valence-corrected chi connectivity index (χ3v) is 9.02. The van der Waals surface area contributed by atoms with Crippen molar-refractivity contribution in [3.63, 3.8) is 0 Å². The average Bonchev–Trinajstić information content (AvgIpc) is 3.73. The van der Waals surface area contributed by atoms with E-state index in [-0.39, 0.29) is 17.5 Å². The summed E-state index contributed by atoms with van der Waals surface area (Å²) in [5, 5.41) is 15.4. The van der Waals surface area contributed by atoms with E-state index in [9.17, 15) is 9.59 Å². The molecule has 4 heterocycles. The molecule has 0 saturated carbocycles. The Hall–Kier alpha value is -4.80. The number of ether oxygens (including phenoxy) is 1. The number of methoxy groups -OCH3 is 1. The van der Waals surface area contributed by atoms with Crippen LogP contribution in [0.1, 0.15) is 42.0 Å². The number of aryl methyl sites for hydroxylation is 2. The molecule has 10 nitrogen and oxygen atoms in total. The second kappa shape index (κ2) is 13.3. The van der Waals surface area contributed by atoms with Crippen molar-refractivity contribution in [3.05, 3.63) is 93.0 Å². The summed E-state index contributed by atoms with van der Waals surface area (Å²) in [4.78, 5) is 32.3. The molecule has 1 aliphatic heterocycles. The van der Waals surface area contributed by atoms with Gasteiger partial charge in [-0.3, -0.25) is 9.59 Å². The van der Waals surface area contributed by atoms with Gasteiger partial charge in [-0.25, -0.2) is 14.6 Å². The molecule has 3 aromatic heterocycles. The molecule has 1 atom stereocenters. The first-order valence-electron chi connectivity index (χ1n) is 15.3. The van der Waals surface area contributed by atoms with Gasteiger partial charge in [0.05, 0.1) is 29.4 Å². The van der Waals surface area contributed by atoms with Crippen molar-refractivity contribution in [3.8, 4) is 28.3 Å². The average molecular weight is 638 g/mol. The lowest BCUT2D eigenvalue weighted by atomic mass is 9.96. The molecule has 1 fully saturated rings.